The summed E-state index contributed by atoms with van der Waals surface area (Å²) in [5.74, 6) is 0.640. The third-order valence-electron chi connectivity index (χ3n) is 6.99. The number of hydrogen-bond donors (Lipinski definition) is 1. The van der Waals surface area contributed by atoms with Gasteiger partial charge in [0.25, 0.3) is 0 Å². The van der Waals surface area contributed by atoms with Crippen LogP contribution in [0.3, 0.4) is 0 Å². The van der Waals surface area contributed by atoms with E-state index < -0.39 is 24.1 Å². The first-order valence-corrected chi connectivity index (χ1v) is 13.4. The van der Waals surface area contributed by atoms with Crippen LogP contribution in [0.2, 0.25) is 0 Å². The van der Waals surface area contributed by atoms with E-state index in [1.165, 1.54) is 12.2 Å². The minimum absolute atomic E-state index is 0.0436. The minimum Gasteiger partial charge on any atom is -0.493 e. The number of cyclic esters (lactones) is 1. The lowest BCUT2D eigenvalue weighted by atomic mass is 9.89. The van der Waals surface area contributed by atoms with Crippen molar-refractivity contribution in [2.45, 2.75) is 57.3 Å². The molecule has 5 atom stereocenters. The van der Waals surface area contributed by atoms with Gasteiger partial charge in [0, 0.05) is 18.1 Å². The van der Waals surface area contributed by atoms with Crippen LogP contribution in [0, 0.1) is 11.8 Å². The number of para-hydroxylation sites is 1. The third-order valence-corrected chi connectivity index (χ3v) is 6.99. The normalized spacial score (nSPS) is 27.3. The summed E-state index contributed by atoms with van der Waals surface area (Å²) in [6.07, 6.45) is 12.4. The zero-order chi connectivity index (χ0) is 27.6. The van der Waals surface area contributed by atoms with Gasteiger partial charge in [-0.2, -0.15) is 0 Å². The lowest BCUT2D eigenvalue weighted by molar-refractivity contribution is -0.145. The number of esters is 2. The quantitative estimate of drug-likeness (QED) is 0.276. The minimum atomic E-state index is -0.686. The summed E-state index contributed by atoms with van der Waals surface area (Å²) in [6, 6.07) is 14.8. The number of carbonyl (C=O) groups is 2. The van der Waals surface area contributed by atoms with Gasteiger partial charge in [0.05, 0.1) is 19.3 Å². The van der Waals surface area contributed by atoms with E-state index in [0.717, 1.165) is 24.8 Å². The number of allylic oxidation sites excluding steroid dienone is 2. The maximum absolute atomic E-state index is 12.9. The van der Waals surface area contributed by atoms with Gasteiger partial charge in [-0.15, -0.1) is 0 Å². The fourth-order valence-electron chi connectivity index (χ4n) is 5.03. The number of fused-ring (bicyclic) bond motifs is 1. The summed E-state index contributed by atoms with van der Waals surface area (Å²) in [6.45, 7) is 1.87. The van der Waals surface area contributed by atoms with Gasteiger partial charge in [0.1, 0.15) is 11.9 Å². The van der Waals surface area contributed by atoms with Crippen molar-refractivity contribution < 1.29 is 33.6 Å². The maximum Gasteiger partial charge on any atom is 0.331 e. The first-order valence-electron chi connectivity index (χ1n) is 13.4. The van der Waals surface area contributed by atoms with E-state index in [9.17, 15) is 14.7 Å². The average Bonchev–Trinajstić information content (AvgIpc) is 3.30. The summed E-state index contributed by atoms with van der Waals surface area (Å²) in [7, 11) is 1.56. The Morgan fingerprint density at radius 2 is 1.90 bits per heavy atom. The molecule has 1 aliphatic carbocycles. The molecule has 4 rings (SSSR count). The Labute approximate surface area is 229 Å². The molecule has 0 aromatic heterocycles. The molecule has 1 N–H and O–H groups in total. The predicted molar refractivity (Wildman–Crippen MR) is 148 cm³/mol. The van der Waals surface area contributed by atoms with Crippen molar-refractivity contribution in [2.24, 2.45) is 11.8 Å². The van der Waals surface area contributed by atoms with Gasteiger partial charge in [-0.25, -0.2) is 9.59 Å². The number of hydrogen-bond acceptors (Lipinski definition) is 7. The summed E-state index contributed by atoms with van der Waals surface area (Å²) in [5.41, 5.74) is 0.726. The van der Waals surface area contributed by atoms with Crippen molar-refractivity contribution in [1.29, 1.82) is 0 Å². The molecular formula is C32H36O7. The van der Waals surface area contributed by atoms with Crippen molar-refractivity contribution in [3.63, 3.8) is 0 Å². The molecule has 0 radical (unpaired) electrons. The Morgan fingerprint density at radius 3 is 2.69 bits per heavy atom. The van der Waals surface area contributed by atoms with Crippen molar-refractivity contribution in [3.8, 4) is 17.2 Å². The van der Waals surface area contributed by atoms with Crippen molar-refractivity contribution >= 4 is 18.0 Å². The lowest BCUT2D eigenvalue weighted by Crippen LogP contribution is -2.27. The van der Waals surface area contributed by atoms with E-state index in [-0.39, 0.29) is 17.9 Å². The molecule has 0 unspecified atom stereocenters. The molecule has 0 saturated heterocycles. The Morgan fingerprint density at radius 1 is 1.08 bits per heavy atom. The zero-order valence-electron chi connectivity index (χ0n) is 22.4. The molecule has 0 bridgehead atoms. The second kappa shape index (κ2) is 13.8. The molecule has 1 saturated carbocycles. The van der Waals surface area contributed by atoms with Crippen LogP contribution in [0.4, 0.5) is 0 Å². The van der Waals surface area contributed by atoms with Crippen LogP contribution >= 0.6 is 0 Å². The number of benzene rings is 2. The highest BCUT2D eigenvalue weighted by molar-refractivity contribution is 5.87. The second-order valence-corrected chi connectivity index (χ2v) is 9.98. The van der Waals surface area contributed by atoms with E-state index in [0.29, 0.717) is 30.1 Å². The number of aliphatic hydroxyl groups excluding tert-OH is 1. The predicted octanol–water partition coefficient (Wildman–Crippen LogP) is 6.03. The van der Waals surface area contributed by atoms with E-state index in [2.05, 4.69) is 12.2 Å². The molecule has 1 aliphatic heterocycles. The Bertz CT molecular complexity index is 1200. The summed E-state index contributed by atoms with van der Waals surface area (Å²) >= 11 is 0. The molecule has 39 heavy (non-hydrogen) atoms. The fraction of sp³-hybridized carbons (Fsp3) is 0.375. The second-order valence-electron chi connectivity index (χ2n) is 9.98. The number of carbonyl (C=O) groups excluding carboxylic acids is 2. The van der Waals surface area contributed by atoms with E-state index >= 15 is 0 Å². The van der Waals surface area contributed by atoms with Gasteiger partial charge in [-0.3, -0.25) is 0 Å². The average molecular weight is 533 g/mol. The topological polar surface area (TPSA) is 91.3 Å². The van der Waals surface area contributed by atoms with Crippen LogP contribution in [0.1, 0.15) is 44.6 Å². The van der Waals surface area contributed by atoms with Gasteiger partial charge >= 0.3 is 11.9 Å². The molecule has 0 spiro atoms. The highest BCUT2D eigenvalue weighted by Crippen LogP contribution is 2.38. The van der Waals surface area contributed by atoms with Crippen LogP contribution in [0.25, 0.3) is 6.08 Å². The Balaban J connectivity index is 1.48. The fourth-order valence-corrected chi connectivity index (χ4v) is 5.03. The van der Waals surface area contributed by atoms with Crippen molar-refractivity contribution in [3.05, 3.63) is 84.5 Å². The summed E-state index contributed by atoms with van der Waals surface area (Å²) < 4.78 is 22.7. The van der Waals surface area contributed by atoms with Gasteiger partial charge in [-0.1, -0.05) is 36.4 Å². The SMILES string of the molecule is COc1cc(/C=C/C(=O)O[C@@H]2/C=C/C(=O)O[C@@H](C)CCC/C=C/[C@@H]3C[C@H](O)C[C@H]32)ccc1Oc1ccccc1. The summed E-state index contributed by atoms with van der Waals surface area (Å²) in [5, 5.41) is 10.4. The number of ether oxygens (including phenoxy) is 4. The first kappa shape index (κ1) is 28.2. The number of methoxy groups -OCH3 is 1. The van der Waals surface area contributed by atoms with Crippen LogP contribution in [0.5, 0.6) is 17.2 Å². The zero-order valence-corrected chi connectivity index (χ0v) is 22.4. The molecule has 2 aromatic carbocycles. The van der Waals surface area contributed by atoms with Crippen LogP contribution in [-0.2, 0) is 19.1 Å². The first-order chi connectivity index (χ1) is 18.9. The molecule has 2 aromatic rings. The largest absolute Gasteiger partial charge is 0.493 e. The van der Waals surface area contributed by atoms with Gasteiger partial charge in [0.15, 0.2) is 11.5 Å². The van der Waals surface area contributed by atoms with Crippen LogP contribution in [0.15, 0.2) is 78.9 Å². The Kier molecular flexibility index (Phi) is 9.97. The van der Waals surface area contributed by atoms with E-state index in [4.69, 9.17) is 18.9 Å². The van der Waals surface area contributed by atoms with E-state index in [1.807, 2.05) is 43.3 Å². The molecule has 7 nitrogen and oxygen atoms in total. The van der Waals surface area contributed by atoms with Crippen LogP contribution in [-0.4, -0.2) is 42.5 Å². The van der Waals surface area contributed by atoms with Gasteiger partial charge < -0.3 is 24.1 Å². The molecule has 206 valence electrons. The van der Waals surface area contributed by atoms with Crippen molar-refractivity contribution in [2.75, 3.05) is 7.11 Å². The molecule has 0 amide bonds. The molecule has 2 aliphatic rings. The molecule has 7 heteroatoms. The number of rotatable bonds is 6. The maximum atomic E-state index is 12.9. The van der Waals surface area contributed by atoms with Crippen LogP contribution < -0.4 is 9.47 Å². The molecule has 1 heterocycles. The smallest absolute Gasteiger partial charge is 0.331 e. The lowest BCUT2D eigenvalue weighted by Gasteiger charge is -2.24. The van der Waals surface area contributed by atoms with Gasteiger partial charge in [-0.05, 0) is 86.9 Å². The van der Waals surface area contributed by atoms with Gasteiger partial charge in [0.2, 0.25) is 0 Å². The third kappa shape index (κ3) is 8.32. The highest BCUT2D eigenvalue weighted by atomic mass is 16.5. The monoisotopic (exact) mass is 532 g/mol. The standard InChI is InChI=1S/C32H36O7/c1-22-9-5-3-6-10-24-20-25(33)21-27(24)28(16-18-31(34)37-22)39-32(35)17-14-23-13-15-29(30(19-23)36-2)38-26-11-7-4-8-12-26/h4,6-8,10-19,22,24-25,27-28,33H,3,5,9,20-21H2,1-2H3/b10-6+,17-14+,18-16+/t22-,24+,25-,27+,28+/m0/s1. The number of aliphatic hydroxyl groups is 1. The highest BCUT2D eigenvalue weighted by Gasteiger charge is 2.38. The molecular weight excluding hydrogens is 496 g/mol. The molecule has 1 fully saturated rings. The van der Waals surface area contributed by atoms with Crippen molar-refractivity contribution in [1.82, 2.24) is 0 Å². The Hall–Kier alpha value is -3.84. The summed E-state index contributed by atoms with van der Waals surface area (Å²) in [4.78, 5) is 25.2. The van der Waals surface area contributed by atoms with E-state index in [1.54, 1.807) is 31.4 Å².